The van der Waals surface area contributed by atoms with Gasteiger partial charge in [0.05, 0.1) is 13.5 Å². The summed E-state index contributed by atoms with van der Waals surface area (Å²) in [6.45, 7) is 4.17. The van der Waals surface area contributed by atoms with Gasteiger partial charge in [-0.05, 0) is 52.9 Å². The Hall–Kier alpha value is -3.40. The van der Waals surface area contributed by atoms with E-state index in [1.807, 2.05) is 18.2 Å². The molecule has 0 aromatic heterocycles. The van der Waals surface area contributed by atoms with E-state index in [1.165, 1.54) is 18.6 Å². The summed E-state index contributed by atoms with van der Waals surface area (Å²) >= 11 is 0. The number of methoxy groups -OCH3 is 1. The fraction of sp³-hybridized carbons (Fsp3) is 0.333. The molecule has 4 heteroatoms. The molecule has 1 atom stereocenters. The number of benzene rings is 3. The normalized spacial score (nSPS) is 12.2. The molecule has 3 aromatic carbocycles. The Balaban J connectivity index is 1.87. The minimum Gasteiger partial charge on any atom is -0.504 e. The zero-order valence-corrected chi connectivity index (χ0v) is 20.3. The zero-order valence-electron chi connectivity index (χ0n) is 20.3. The Labute approximate surface area is 202 Å². The lowest BCUT2D eigenvalue weighted by atomic mass is 9.86. The molecule has 178 valence electrons. The third-order valence-corrected chi connectivity index (χ3v) is 6.20. The molecule has 0 aliphatic rings. The zero-order chi connectivity index (χ0) is 24.5. The number of hydrogen-bond acceptors (Lipinski definition) is 4. The van der Waals surface area contributed by atoms with Gasteiger partial charge in [-0.3, -0.25) is 9.59 Å². The molecule has 0 spiro atoms. The van der Waals surface area contributed by atoms with E-state index in [0.717, 1.165) is 47.8 Å². The number of aromatic hydroxyl groups is 1. The number of ketones is 2. The lowest BCUT2D eigenvalue weighted by Crippen LogP contribution is -2.05. The van der Waals surface area contributed by atoms with Crippen LogP contribution in [-0.4, -0.2) is 23.8 Å². The van der Waals surface area contributed by atoms with Crippen LogP contribution in [0, 0.1) is 0 Å². The summed E-state index contributed by atoms with van der Waals surface area (Å²) < 4.78 is 5.43. The smallest absolute Gasteiger partial charge is 0.163 e. The second-order valence-electron chi connectivity index (χ2n) is 8.70. The van der Waals surface area contributed by atoms with Crippen molar-refractivity contribution in [2.75, 3.05) is 7.11 Å². The summed E-state index contributed by atoms with van der Waals surface area (Å²) in [7, 11) is 1.52. The summed E-state index contributed by atoms with van der Waals surface area (Å²) in [5, 5.41) is 13.2. The van der Waals surface area contributed by atoms with Crippen LogP contribution in [0.15, 0.2) is 60.7 Å². The van der Waals surface area contributed by atoms with Gasteiger partial charge in [-0.2, -0.15) is 0 Å². The molecule has 0 radical (unpaired) electrons. The van der Waals surface area contributed by atoms with Crippen LogP contribution in [0.3, 0.4) is 0 Å². The fourth-order valence-electron chi connectivity index (χ4n) is 4.33. The maximum atomic E-state index is 12.3. The molecular weight excluding hydrogens is 424 g/mol. The molecule has 0 aliphatic carbocycles. The Morgan fingerprint density at radius 1 is 1.00 bits per heavy atom. The van der Waals surface area contributed by atoms with Crippen LogP contribution >= 0.6 is 0 Å². The molecule has 0 aliphatic heterocycles. The molecule has 0 heterocycles. The number of phenolic OH excluding ortho intramolecular Hbond substituents is 1. The quantitative estimate of drug-likeness (QED) is 0.177. The first-order valence-electron chi connectivity index (χ1n) is 12.1. The summed E-state index contributed by atoms with van der Waals surface area (Å²) in [5.41, 5.74) is 2.60. The number of allylic oxidation sites excluding steroid dienone is 1. The molecule has 0 unspecified atom stereocenters. The Bertz CT molecular complexity index is 1180. The lowest BCUT2D eigenvalue weighted by Gasteiger charge is -2.20. The second kappa shape index (κ2) is 12.2. The molecular formula is C30H34O4. The van der Waals surface area contributed by atoms with E-state index >= 15 is 0 Å². The molecule has 0 saturated carbocycles. The molecule has 0 fully saturated rings. The molecule has 0 amide bonds. The third kappa shape index (κ3) is 6.34. The SMILES string of the molecule is CCCCCC(=O)CC(=O)/C=C/c1cc(OC)c(O)c([C@H](CC)c2ccc3ccccc3c2)c1. The standard InChI is InChI=1S/C30H34O4/c1-4-6-7-12-25(31)20-26(32)16-13-21-17-28(30(33)29(18-21)34-3)27(5-2)24-15-14-22-10-8-9-11-23(22)19-24/h8-11,13-19,27,33H,4-7,12,20H2,1-3H3/b16-13+/t27-/m1/s1. The summed E-state index contributed by atoms with van der Waals surface area (Å²) in [6, 6.07) is 18.2. The van der Waals surface area contributed by atoms with Gasteiger partial charge in [-0.1, -0.05) is 75.2 Å². The summed E-state index contributed by atoms with van der Waals surface area (Å²) in [4.78, 5) is 24.3. The molecule has 3 aromatic rings. The van der Waals surface area contributed by atoms with Crippen LogP contribution in [0.4, 0.5) is 0 Å². The van der Waals surface area contributed by atoms with Crippen molar-refractivity contribution in [3.63, 3.8) is 0 Å². The van der Waals surface area contributed by atoms with Crippen LogP contribution < -0.4 is 4.74 Å². The second-order valence-corrected chi connectivity index (χ2v) is 8.70. The number of carbonyl (C=O) groups excluding carboxylic acids is 2. The first-order chi connectivity index (χ1) is 16.5. The lowest BCUT2D eigenvalue weighted by molar-refractivity contribution is -0.124. The van der Waals surface area contributed by atoms with Gasteiger partial charge in [0.2, 0.25) is 0 Å². The van der Waals surface area contributed by atoms with E-state index < -0.39 is 0 Å². The van der Waals surface area contributed by atoms with Gasteiger partial charge in [0, 0.05) is 17.9 Å². The van der Waals surface area contributed by atoms with E-state index in [0.29, 0.717) is 12.2 Å². The number of ether oxygens (including phenoxy) is 1. The number of fused-ring (bicyclic) bond motifs is 1. The molecule has 1 N–H and O–H groups in total. The minimum atomic E-state index is -0.211. The van der Waals surface area contributed by atoms with Crippen molar-refractivity contribution in [1.29, 1.82) is 0 Å². The molecule has 34 heavy (non-hydrogen) atoms. The monoisotopic (exact) mass is 458 g/mol. The van der Waals surface area contributed by atoms with Gasteiger partial charge < -0.3 is 9.84 Å². The number of rotatable bonds is 12. The first kappa shape index (κ1) is 25.2. The number of carbonyl (C=O) groups is 2. The number of Topliss-reactive ketones (excluding diaryl/α,β-unsaturated/α-hetero) is 1. The minimum absolute atomic E-state index is 0.0190. The van der Waals surface area contributed by atoms with Crippen LogP contribution in [0.2, 0.25) is 0 Å². The van der Waals surface area contributed by atoms with Gasteiger partial charge in [0.25, 0.3) is 0 Å². The highest BCUT2D eigenvalue weighted by atomic mass is 16.5. The predicted molar refractivity (Wildman–Crippen MR) is 139 cm³/mol. The molecule has 3 rings (SSSR count). The highest BCUT2D eigenvalue weighted by molar-refractivity contribution is 6.06. The van der Waals surface area contributed by atoms with Crippen LogP contribution in [0.25, 0.3) is 16.8 Å². The van der Waals surface area contributed by atoms with Crippen molar-refractivity contribution in [3.8, 4) is 11.5 Å². The third-order valence-electron chi connectivity index (χ3n) is 6.20. The van der Waals surface area contributed by atoms with Gasteiger partial charge >= 0.3 is 0 Å². The summed E-state index contributed by atoms with van der Waals surface area (Å²) in [5.74, 6) is 0.199. The number of unbranched alkanes of at least 4 members (excludes halogenated alkanes) is 2. The van der Waals surface area contributed by atoms with Crippen molar-refractivity contribution in [2.45, 2.75) is 58.3 Å². The van der Waals surface area contributed by atoms with Gasteiger partial charge in [0.1, 0.15) is 5.78 Å². The van der Waals surface area contributed by atoms with Crippen LogP contribution in [0.5, 0.6) is 11.5 Å². The Kier molecular flexibility index (Phi) is 9.03. The Morgan fingerprint density at radius 3 is 2.47 bits per heavy atom. The largest absolute Gasteiger partial charge is 0.504 e. The van der Waals surface area contributed by atoms with E-state index in [1.54, 1.807) is 12.1 Å². The van der Waals surface area contributed by atoms with Crippen LogP contribution in [-0.2, 0) is 9.59 Å². The van der Waals surface area contributed by atoms with Gasteiger partial charge in [-0.25, -0.2) is 0 Å². The van der Waals surface area contributed by atoms with Crippen molar-refractivity contribution in [3.05, 3.63) is 77.4 Å². The van der Waals surface area contributed by atoms with E-state index in [4.69, 9.17) is 4.74 Å². The maximum absolute atomic E-state index is 12.3. The summed E-state index contributed by atoms with van der Waals surface area (Å²) in [6.07, 6.45) is 7.19. The first-order valence-corrected chi connectivity index (χ1v) is 12.1. The van der Waals surface area contributed by atoms with Crippen molar-refractivity contribution in [2.24, 2.45) is 0 Å². The number of phenols is 1. The average Bonchev–Trinajstić information content (AvgIpc) is 2.84. The molecule has 0 saturated heterocycles. The van der Waals surface area contributed by atoms with E-state index in [9.17, 15) is 14.7 Å². The van der Waals surface area contributed by atoms with Gasteiger partial charge in [0.15, 0.2) is 17.3 Å². The highest BCUT2D eigenvalue weighted by Gasteiger charge is 2.20. The van der Waals surface area contributed by atoms with Crippen molar-refractivity contribution >= 4 is 28.4 Å². The van der Waals surface area contributed by atoms with Crippen molar-refractivity contribution in [1.82, 2.24) is 0 Å². The van der Waals surface area contributed by atoms with Gasteiger partial charge in [-0.15, -0.1) is 0 Å². The molecule has 4 nitrogen and oxygen atoms in total. The van der Waals surface area contributed by atoms with Crippen molar-refractivity contribution < 1.29 is 19.4 Å². The van der Waals surface area contributed by atoms with Crippen LogP contribution in [0.1, 0.15) is 75.0 Å². The maximum Gasteiger partial charge on any atom is 0.163 e. The predicted octanol–water partition coefficient (Wildman–Crippen LogP) is 7.22. The Morgan fingerprint density at radius 2 is 1.76 bits per heavy atom. The van der Waals surface area contributed by atoms with E-state index in [2.05, 4.69) is 44.2 Å². The van der Waals surface area contributed by atoms with E-state index in [-0.39, 0.29) is 29.7 Å². The topological polar surface area (TPSA) is 63.6 Å². The number of hydrogen-bond donors (Lipinski definition) is 1. The fourth-order valence-corrected chi connectivity index (χ4v) is 4.33. The highest BCUT2D eigenvalue weighted by Crippen LogP contribution is 2.41. The molecule has 0 bridgehead atoms. The average molecular weight is 459 g/mol.